The number of piperazine rings is 1. The smallest absolute Gasteiger partial charge is 0.387 e. The maximum atomic E-state index is 12.9. The highest BCUT2D eigenvalue weighted by atomic mass is 32.2. The van der Waals surface area contributed by atoms with Crippen molar-refractivity contribution in [3.63, 3.8) is 0 Å². The fourth-order valence-corrected chi connectivity index (χ4v) is 4.77. The summed E-state index contributed by atoms with van der Waals surface area (Å²) in [5.41, 5.74) is 0.733. The fraction of sp³-hybridized carbons (Fsp3) is 0.333. The second-order valence-corrected chi connectivity index (χ2v) is 9.18. The third kappa shape index (κ3) is 5.76. The van der Waals surface area contributed by atoms with Crippen molar-refractivity contribution in [2.75, 3.05) is 33.8 Å². The van der Waals surface area contributed by atoms with Crippen molar-refractivity contribution in [1.82, 2.24) is 14.5 Å². The van der Waals surface area contributed by atoms with Gasteiger partial charge in [0.2, 0.25) is 15.9 Å². The lowest BCUT2D eigenvalue weighted by Crippen LogP contribution is -2.49. The molecule has 0 aliphatic carbocycles. The summed E-state index contributed by atoms with van der Waals surface area (Å²) in [6, 6.07) is 9.89. The van der Waals surface area contributed by atoms with E-state index < -0.39 is 28.4 Å². The first kappa shape index (κ1) is 24.4. The van der Waals surface area contributed by atoms with E-state index in [-0.39, 0.29) is 48.1 Å². The molecule has 1 N–H and O–H groups in total. The van der Waals surface area contributed by atoms with Gasteiger partial charge in [0.05, 0.1) is 18.6 Å². The molecular formula is C21H23F2N3O6S. The Morgan fingerprint density at radius 3 is 2.64 bits per heavy atom. The number of benzene rings is 2. The van der Waals surface area contributed by atoms with E-state index in [9.17, 15) is 26.8 Å². The van der Waals surface area contributed by atoms with Crippen LogP contribution >= 0.6 is 0 Å². The van der Waals surface area contributed by atoms with Crippen molar-refractivity contribution >= 4 is 21.8 Å². The van der Waals surface area contributed by atoms with Crippen molar-refractivity contribution in [3.05, 3.63) is 53.6 Å². The number of ether oxygens (including phenoxy) is 2. The van der Waals surface area contributed by atoms with Gasteiger partial charge in [-0.15, -0.1) is 0 Å². The normalized spacial score (nSPS) is 14.6. The summed E-state index contributed by atoms with van der Waals surface area (Å²) in [6.07, 6.45) is 0. The predicted molar refractivity (Wildman–Crippen MR) is 114 cm³/mol. The summed E-state index contributed by atoms with van der Waals surface area (Å²) in [7, 11) is -1.12. The number of rotatable bonds is 8. The Labute approximate surface area is 189 Å². The van der Waals surface area contributed by atoms with E-state index in [4.69, 9.17) is 4.74 Å². The summed E-state index contributed by atoms with van der Waals surface area (Å²) in [6.45, 7) is -2.83. The van der Waals surface area contributed by atoms with Gasteiger partial charge in [0.1, 0.15) is 0 Å². The number of hydrogen-bond donors (Lipinski definition) is 1. The molecule has 0 spiro atoms. The molecule has 0 bridgehead atoms. The number of amides is 2. The Hall–Kier alpha value is -3.25. The van der Waals surface area contributed by atoms with Crippen LogP contribution in [0.15, 0.2) is 47.4 Å². The third-order valence-corrected chi connectivity index (χ3v) is 6.77. The maximum absolute atomic E-state index is 12.9. The van der Waals surface area contributed by atoms with Gasteiger partial charge in [0, 0.05) is 32.2 Å². The SMILES string of the molecule is COc1cc(CN(C)C(=O)c2cccc(S(=O)(=O)N3CCNC(=O)C3)c2)ccc1OC(F)F. The predicted octanol–water partition coefficient (Wildman–Crippen LogP) is 1.69. The van der Waals surface area contributed by atoms with Crippen LogP contribution in [-0.4, -0.2) is 69.8 Å². The summed E-state index contributed by atoms with van der Waals surface area (Å²) in [4.78, 5) is 25.8. The van der Waals surface area contributed by atoms with Gasteiger partial charge < -0.3 is 19.7 Å². The average molecular weight is 483 g/mol. The minimum Gasteiger partial charge on any atom is -0.493 e. The van der Waals surface area contributed by atoms with Gasteiger partial charge in [-0.3, -0.25) is 9.59 Å². The molecule has 2 aromatic rings. The number of sulfonamides is 1. The van der Waals surface area contributed by atoms with Crippen LogP contribution < -0.4 is 14.8 Å². The maximum Gasteiger partial charge on any atom is 0.387 e. The molecule has 3 rings (SSSR count). The standard InChI is InChI=1S/C21H23F2N3O6S/c1-25(12-14-6-7-17(32-21(22)23)18(10-14)31-2)20(28)15-4-3-5-16(11-15)33(29,30)26-9-8-24-19(27)13-26/h3-7,10-11,21H,8-9,12-13H2,1-2H3,(H,24,27). The highest BCUT2D eigenvalue weighted by molar-refractivity contribution is 7.89. The number of nitrogens with zero attached hydrogens (tertiary/aromatic N) is 2. The molecule has 0 radical (unpaired) electrons. The molecule has 1 fully saturated rings. The van der Waals surface area contributed by atoms with Crippen LogP contribution in [0.3, 0.4) is 0 Å². The molecule has 9 nitrogen and oxygen atoms in total. The second kappa shape index (κ2) is 10.1. The van der Waals surface area contributed by atoms with Crippen molar-refractivity contribution in [3.8, 4) is 11.5 Å². The third-order valence-electron chi connectivity index (χ3n) is 4.93. The molecule has 1 saturated heterocycles. The molecule has 178 valence electrons. The Morgan fingerprint density at radius 2 is 1.97 bits per heavy atom. The van der Waals surface area contributed by atoms with Gasteiger partial charge in [0.15, 0.2) is 11.5 Å². The van der Waals surface area contributed by atoms with Gasteiger partial charge in [-0.25, -0.2) is 8.42 Å². The summed E-state index contributed by atoms with van der Waals surface area (Å²) < 4.78 is 61.3. The highest BCUT2D eigenvalue weighted by Gasteiger charge is 2.29. The van der Waals surface area contributed by atoms with E-state index in [2.05, 4.69) is 10.1 Å². The van der Waals surface area contributed by atoms with E-state index in [0.717, 1.165) is 4.31 Å². The van der Waals surface area contributed by atoms with Crippen molar-refractivity contribution in [2.24, 2.45) is 0 Å². The van der Waals surface area contributed by atoms with E-state index in [1.165, 1.54) is 61.5 Å². The molecule has 1 aliphatic rings. The molecular weight excluding hydrogens is 460 g/mol. The number of alkyl halides is 2. The van der Waals surface area contributed by atoms with Crippen LogP contribution in [0, 0.1) is 0 Å². The van der Waals surface area contributed by atoms with Crippen molar-refractivity contribution in [2.45, 2.75) is 18.1 Å². The van der Waals surface area contributed by atoms with Crippen molar-refractivity contribution in [1.29, 1.82) is 0 Å². The minimum absolute atomic E-state index is 0.0901. The number of nitrogens with one attached hydrogen (secondary N) is 1. The first-order valence-electron chi connectivity index (χ1n) is 9.86. The van der Waals surface area contributed by atoms with Gasteiger partial charge in [-0.1, -0.05) is 12.1 Å². The molecule has 12 heteroatoms. The second-order valence-electron chi connectivity index (χ2n) is 7.24. The Morgan fingerprint density at radius 1 is 1.21 bits per heavy atom. The summed E-state index contributed by atoms with van der Waals surface area (Å²) >= 11 is 0. The van der Waals surface area contributed by atoms with Gasteiger partial charge in [0.25, 0.3) is 5.91 Å². The van der Waals surface area contributed by atoms with Crippen LogP contribution in [0.4, 0.5) is 8.78 Å². The first-order chi connectivity index (χ1) is 15.6. The van der Waals surface area contributed by atoms with Gasteiger partial charge in [-0.05, 0) is 35.9 Å². The molecule has 33 heavy (non-hydrogen) atoms. The number of methoxy groups -OCH3 is 1. The molecule has 0 unspecified atom stereocenters. The zero-order valence-corrected chi connectivity index (χ0v) is 18.8. The van der Waals surface area contributed by atoms with E-state index in [1.54, 1.807) is 0 Å². The molecule has 2 aromatic carbocycles. The molecule has 0 aromatic heterocycles. The lowest BCUT2D eigenvalue weighted by atomic mass is 10.1. The Kier molecular flexibility index (Phi) is 7.49. The van der Waals surface area contributed by atoms with Crippen LogP contribution in [0.5, 0.6) is 11.5 Å². The van der Waals surface area contributed by atoms with E-state index in [0.29, 0.717) is 5.56 Å². The Bertz CT molecular complexity index is 1140. The zero-order chi connectivity index (χ0) is 24.2. The molecule has 1 heterocycles. The van der Waals surface area contributed by atoms with E-state index in [1.807, 2.05) is 0 Å². The largest absolute Gasteiger partial charge is 0.493 e. The quantitative estimate of drug-likeness (QED) is 0.613. The summed E-state index contributed by atoms with van der Waals surface area (Å²) in [5.74, 6) is -0.880. The first-order valence-corrected chi connectivity index (χ1v) is 11.3. The fourth-order valence-electron chi connectivity index (χ4n) is 3.33. The monoisotopic (exact) mass is 483 g/mol. The number of halogens is 2. The summed E-state index contributed by atoms with van der Waals surface area (Å²) in [5, 5.41) is 2.56. The number of hydrogen-bond acceptors (Lipinski definition) is 6. The van der Waals surface area contributed by atoms with Crippen LogP contribution in [-0.2, 0) is 21.4 Å². The van der Waals surface area contributed by atoms with Gasteiger partial charge >= 0.3 is 6.61 Å². The van der Waals surface area contributed by atoms with Gasteiger partial charge in [-0.2, -0.15) is 13.1 Å². The molecule has 0 saturated carbocycles. The number of carbonyl (C=O) groups is 2. The molecule has 2 amide bonds. The average Bonchev–Trinajstić information content (AvgIpc) is 2.79. The van der Waals surface area contributed by atoms with Crippen LogP contribution in [0.2, 0.25) is 0 Å². The minimum atomic E-state index is -3.95. The van der Waals surface area contributed by atoms with Crippen LogP contribution in [0.1, 0.15) is 15.9 Å². The zero-order valence-electron chi connectivity index (χ0n) is 18.0. The molecule has 0 atom stereocenters. The van der Waals surface area contributed by atoms with Crippen molar-refractivity contribution < 1.29 is 36.3 Å². The Balaban J connectivity index is 1.77. The number of carbonyl (C=O) groups excluding carboxylic acids is 2. The lowest BCUT2D eigenvalue weighted by Gasteiger charge is -2.26. The topological polar surface area (TPSA) is 105 Å². The molecule has 1 aliphatic heterocycles. The highest BCUT2D eigenvalue weighted by Crippen LogP contribution is 2.30. The van der Waals surface area contributed by atoms with Crippen LogP contribution in [0.25, 0.3) is 0 Å². The van der Waals surface area contributed by atoms with E-state index >= 15 is 0 Å². The lowest BCUT2D eigenvalue weighted by molar-refractivity contribution is -0.122.